The highest BCUT2D eigenvalue weighted by molar-refractivity contribution is 5.49. The van der Waals surface area contributed by atoms with Crippen LogP contribution < -0.4 is 5.32 Å². The van der Waals surface area contributed by atoms with Crippen molar-refractivity contribution in [3.05, 3.63) is 35.9 Å². The van der Waals surface area contributed by atoms with E-state index in [9.17, 15) is 18.0 Å². The van der Waals surface area contributed by atoms with Gasteiger partial charge in [0.15, 0.2) is 11.9 Å². The minimum absolute atomic E-state index is 0.0810. The van der Waals surface area contributed by atoms with Crippen LogP contribution in [0.2, 0.25) is 0 Å². The van der Waals surface area contributed by atoms with E-state index in [1.165, 1.54) is 20.0 Å². The summed E-state index contributed by atoms with van der Waals surface area (Å²) in [6.07, 6.45) is 0.0355. The summed E-state index contributed by atoms with van der Waals surface area (Å²) in [4.78, 5) is 10.7. The highest BCUT2D eigenvalue weighted by atomic mass is 19.4. The Kier molecular flexibility index (Phi) is 20.4. The van der Waals surface area contributed by atoms with Crippen molar-refractivity contribution in [1.82, 2.24) is 5.32 Å². The number of ether oxygens (including phenoxy) is 2. The van der Waals surface area contributed by atoms with Crippen molar-refractivity contribution in [3.63, 3.8) is 0 Å². The van der Waals surface area contributed by atoms with Gasteiger partial charge in [-0.15, -0.1) is 0 Å². The smallest absolute Gasteiger partial charge is 0.393 e. The first-order valence-electron chi connectivity index (χ1n) is 14.4. The zero-order valence-corrected chi connectivity index (χ0v) is 25.9. The van der Waals surface area contributed by atoms with Crippen molar-refractivity contribution in [2.24, 2.45) is 28.0 Å². The molecule has 0 amide bonds. The van der Waals surface area contributed by atoms with E-state index in [1.54, 1.807) is 44.2 Å². The second kappa shape index (κ2) is 21.5. The van der Waals surface area contributed by atoms with Crippen molar-refractivity contribution in [3.8, 4) is 0 Å². The van der Waals surface area contributed by atoms with Crippen LogP contribution >= 0.6 is 0 Å². The van der Waals surface area contributed by atoms with Crippen molar-refractivity contribution in [1.29, 1.82) is 0 Å². The summed E-state index contributed by atoms with van der Waals surface area (Å²) in [5, 5.41) is 26.8. The number of alkyl halides is 3. The molecule has 0 bridgehead atoms. The lowest BCUT2D eigenvalue weighted by atomic mass is 9.74. The van der Waals surface area contributed by atoms with Crippen molar-refractivity contribution in [2.75, 3.05) is 13.7 Å². The Morgan fingerprint density at radius 3 is 2.07 bits per heavy atom. The van der Waals surface area contributed by atoms with Gasteiger partial charge in [-0.2, -0.15) is 23.4 Å². The summed E-state index contributed by atoms with van der Waals surface area (Å²) in [6, 6.07) is 9.18. The van der Waals surface area contributed by atoms with Crippen LogP contribution in [0.4, 0.5) is 13.2 Å². The average Bonchev–Trinajstić information content (AvgIpc) is 3.73. The molecule has 0 heterocycles. The van der Waals surface area contributed by atoms with Gasteiger partial charge < -0.3 is 29.8 Å². The van der Waals surface area contributed by atoms with Crippen LogP contribution in [-0.4, -0.2) is 73.8 Å². The molecule has 2 fully saturated rings. The molecule has 3 rings (SSSR count). The molecule has 0 spiro atoms. The van der Waals surface area contributed by atoms with Crippen LogP contribution in [0.15, 0.2) is 40.5 Å². The number of halogens is 3. The molecule has 0 saturated heterocycles. The molecule has 0 aliphatic heterocycles. The van der Waals surface area contributed by atoms with Crippen molar-refractivity contribution in [2.45, 2.75) is 109 Å². The summed E-state index contributed by atoms with van der Waals surface area (Å²) < 4.78 is 49.2. The van der Waals surface area contributed by atoms with Crippen LogP contribution in [-0.2, 0) is 20.9 Å². The maximum absolute atomic E-state index is 13.2. The van der Waals surface area contributed by atoms with E-state index >= 15 is 0 Å². The molecule has 242 valence electrons. The molecule has 2 aliphatic rings. The molecule has 0 aromatic heterocycles. The molecule has 8 nitrogen and oxygen atoms in total. The monoisotopic (exact) mass is 603 g/mol. The van der Waals surface area contributed by atoms with Gasteiger partial charge in [0, 0.05) is 33.0 Å². The predicted octanol–water partition coefficient (Wildman–Crippen LogP) is 5.95. The van der Waals surface area contributed by atoms with Crippen LogP contribution in [0.3, 0.4) is 0 Å². The highest BCUT2D eigenvalue weighted by Crippen LogP contribution is 2.36. The van der Waals surface area contributed by atoms with E-state index in [4.69, 9.17) is 14.9 Å². The third-order valence-electron chi connectivity index (χ3n) is 6.65. The molecule has 42 heavy (non-hydrogen) atoms. The number of aliphatic hydroxyl groups excluding tert-OH is 1. The lowest BCUT2D eigenvalue weighted by molar-refractivity contribution is -0.228. The van der Waals surface area contributed by atoms with Gasteiger partial charge in [-0.3, -0.25) is 0 Å². The Morgan fingerprint density at radius 2 is 1.69 bits per heavy atom. The Labute approximate surface area is 249 Å². The van der Waals surface area contributed by atoms with Gasteiger partial charge in [-0.05, 0) is 89.2 Å². The lowest BCUT2D eigenvalue weighted by Gasteiger charge is -2.33. The zero-order chi connectivity index (χ0) is 32.2. The fourth-order valence-corrected chi connectivity index (χ4v) is 4.13. The highest BCUT2D eigenvalue weighted by Gasteiger charge is 2.42. The van der Waals surface area contributed by atoms with Crippen LogP contribution in [0.25, 0.3) is 0 Å². The minimum Gasteiger partial charge on any atom is -0.393 e. The summed E-state index contributed by atoms with van der Waals surface area (Å²) in [7, 11) is 1.46. The number of rotatable bonds is 14. The number of methoxy groups -OCH3 is 1. The standard InChI is InChI=1S/C17H22F3NO2.C8H16O.C4H10O2.C2H4N2/c18-17(19,20)16(23-12-13-4-2-1-3-5-13)10-14(8-9-22)11-21-15-6-7-15;1-6-3-8(4-6)5-7(2)9;1-4(2,5)6-3;1-3-4-2/h1-5,9,14-16,21H,6-8,10-12H2;6-9H,3-5H2,1-2H3;5H,1-3H3;1-2H2/t14-,16?;;;/m1.../s1. The molecule has 3 N–H and O–H groups in total. The number of nitrogens with zero attached hydrogens (tertiary/aromatic N) is 2. The second-order valence-electron chi connectivity index (χ2n) is 11.5. The topological polar surface area (TPSA) is 113 Å². The number of hydrogen-bond acceptors (Lipinski definition) is 8. The van der Waals surface area contributed by atoms with E-state index in [-0.39, 0.29) is 31.5 Å². The van der Waals surface area contributed by atoms with Gasteiger partial charge in [-0.1, -0.05) is 37.3 Å². The van der Waals surface area contributed by atoms with E-state index in [0.717, 1.165) is 31.1 Å². The summed E-state index contributed by atoms with van der Waals surface area (Å²) >= 11 is 0. The predicted molar refractivity (Wildman–Crippen MR) is 161 cm³/mol. The summed E-state index contributed by atoms with van der Waals surface area (Å²) in [5.41, 5.74) is 0.699. The maximum atomic E-state index is 13.2. The molecular formula is C31H52F3N3O5. The molecule has 0 radical (unpaired) electrons. The summed E-state index contributed by atoms with van der Waals surface area (Å²) in [5.74, 6) is 0.434. The van der Waals surface area contributed by atoms with E-state index in [0.29, 0.717) is 24.4 Å². The Hall–Kier alpha value is -2.18. The van der Waals surface area contributed by atoms with E-state index in [2.05, 4.69) is 40.6 Å². The third-order valence-corrected chi connectivity index (χ3v) is 6.65. The number of benzene rings is 1. The molecule has 1 aromatic rings. The first kappa shape index (κ1) is 39.8. The number of aldehydes is 1. The molecule has 11 heteroatoms. The van der Waals surface area contributed by atoms with Crippen molar-refractivity contribution < 1.29 is 37.7 Å². The molecular weight excluding hydrogens is 551 g/mol. The zero-order valence-electron chi connectivity index (χ0n) is 25.9. The number of aliphatic hydroxyl groups is 2. The maximum Gasteiger partial charge on any atom is 0.414 e. The van der Waals surface area contributed by atoms with Gasteiger partial charge in [0.1, 0.15) is 6.29 Å². The van der Waals surface area contributed by atoms with Gasteiger partial charge in [0.2, 0.25) is 0 Å². The molecule has 2 saturated carbocycles. The normalized spacial score (nSPS) is 20.0. The van der Waals surface area contributed by atoms with E-state index < -0.39 is 18.1 Å². The number of nitrogens with one attached hydrogen (secondary N) is 1. The SMILES string of the molecule is C=NN=C.CC(O)CC1CC(C)C1.COC(C)(C)O.O=CC[C@@H](CNC1CC1)CC(OCc1ccccc1)C(F)(F)F. The number of carbonyl (C=O) groups excluding carboxylic acids is 1. The first-order chi connectivity index (χ1) is 19.6. The number of hydrogen-bond donors (Lipinski definition) is 3. The van der Waals surface area contributed by atoms with Gasteiger partial charge in [0.05, 0.1) is 12.7 Å². The summed E-state index contributed by atoms with van der Waals surface area (Å²) in [6.45, 7) is 13.6. The lowest BCUT2D eigenvalue weighted by Crippen LogP contribution is -2.36. The van der Waals surface area contributed by atoms with Gasteiger partial charge in [-0.25, -0.2) is 0 Å². The van der Waals surface area contributed by atoms with Crippen LogP contribution in [0, 0.1) is 17.8 Å². The minimum atomic E-state index is -4.44. The Bertz CT molecular complexity index is 834. The van der Waals surface area contributed by atoms with E-state index in [1.807, 2.05) is 6.92 Å². The molecule has 2 aliphatic carbocycles. The van der Waals surface area contributed by atoms with Gasteiger partial charge >= 0.3 is 6.18 Å². The molecule has 2 unspecified atom stereocenters. The van der Waals surface area contributed by atoms with Crippen LogP contribution in [0.1, 0.15) is 78.2 Å². The van der Waals surface area contributed by atoms with Gasteiger partial charge in [0.25, 0.3) is 0 Å². The fourth-order valence-electron chi connectivity index (χ4n) is 4.13. The number of carbonyl (C=O) groups is 1. The van der Waals surface area contributed by atoms with Crippen LogP contribution in [0.5, 0.6) is 0 Å². The largest absolute Gasteiger partial charge is 0.414 e. The first-order valence-corrected chi connectivity index (χ1v) is 14.4. The molecule has 1 aromatic carbocycles. The molecule has 3 atom stereocenters. The van der Waals surface area contributed by atoms with Crippen molar-refractivity contribution >= 4 is 19.7 Å². The quantitative estimate of drug-likeness (QED) is 0.105. The average molecular weight is 604 g/mol. The fraction of sp³-hybridized carbons (Fsp3) is 0.710. The Balaban J connectivity index is 0.000000719. The Morgan fingerprint density at radius 1 is 1.14 bits per heavy atom. The second-order valence-corrected chi connectivity index (χ2v) is 11.5. The third kappa shape index (κ3) is 22.4.